The van der Waals surface area contributed by atoms with Crippen LogP contribution in [0, 0.1) is 24.6 Å². The number of fused-ring (bicyclic) bond motifs is 1. The summed E-state index contributed by atoms with van der Waals surface area (Å²) < 4.78 is 23.2. The minimum absolute atomic E-state index is 0.128. The molecule has 0 N–H and O–H groups in total. The van der Waals surface area contributed by atoms with Crippen LogP contribution in [0.3, 0.4) is 0 Å². The predicted molar refractivity (Wildman–Crippen MR) is 142 cm³/mol. The van der Waals surface area contributed by atoms with Crippen LogP contribution >= 0.6 is 0 Å². The third kappa shape index (κ3) is 4.50. The van der Waals surface area contributed by atoms with Gasteiger partial charge in [-0.05, 0) is 68.2 Å². The molecule has 2 aliphatic rings. The largest absolute Gasteiger partial charge is 0.463 e. The fourth-order valence-corrected chi connectivity index (χ4v) is 6.00. The summed E-state index contributed by atoms with van der Waals surface area (Å²) in [7, 11) is 1.97. The van der Waals surface area contributed by atoms with Gasteiger partial charge in [0.15, 0.2) is 0 Å². The normalized spacial score (nSPS) is 19.4. The number of aryl methyl sites for hydroxylation is 2. The molecule has 1 saturated heterocycles. The van der Waals surface area contributed by atoms with E-state index >= 15 is 4.39 Å². The molecule has 1 aliphatic carbocycles. The van der Waals surface area contributed by atoms with Crippen LogP contribution in [0.5, 0.6) is 0 Å². The Bertz CT molecular complexity index is 1520. The van der Waals surface area contributed by atoms with Gasteiger partial charge in [0.2, 0.25) is 5.43 Å². The molecule has 3 heterocycles. The maximum Gasteiger partial charge on any atom is 0.200 e. The van der Waals surface area contributed by atoms with E-state index in [2.05, 4.69) is 34.2 Å². The Hall–Kier alpha value is -3.32. The van der Waals surface area contributed by atoms with Gasteiger partial charge in [-0.1, -0.05) is 31.2 Å². The lowest BCUT2D eigenvalue weighted by molar-refractivity contribution is 0.175. The van der Waals surface area contributed by atoms with E-state index < -0.39 is 0 Å². The molecule has 4 aromatic rings. The van der Waals surface area contributed by atoms with E-state index in [9.17, 15) is 4.79 Å². The summed E-state index contributed by atoms with van der Waals surface area (Å²) in [6, 6.07) is 9.81. The number of hydrogen-bond donors (Lipinski definition) is 0. The Morgan fingerprint density at radius 2 is 2.05 bits per heavy atom. The van der Waals surface area contributed by atoms with E-state index in [-0.39, 0.29) is 17.2 Å². The van der Waals surface area contributed by atoms with E-state index in [0.29, 0.717) is 46.0 Å². The minimum Gasteiger partial charge on any atom is -0.463 e. The first-order valence-electron chi connectivity index (χ1n) is 13.3. The lowest BCUT2D eigenvalue weighted by Crippen LogP contribution is -2.34. The van der Waals surface area contributed by atoms with Crippen molar-refractivity contribution >= 4 is 11.0 Å². The van der Waals surface area contributed by atoms with Gasteiger partial charge in [-0.2, -0.15) is 0 Å². The number of piperidine rings is 1. The smallest absolute Gasteiger partial charge is 0.200 e. The van der Waals surface area contributed by atoms with Gasteiger partial charge in [-0.15, -0.1) is 10.2 Å². The number of hydrogen-bond acceptors (Lipinski definition) is 5. The third-order valence-corrected chi connectivity index (χ3v) is 8.11. The molecular formula is C30H33FN4O2. The van der Waals surface area contributed by atoms with E-state index in [1.165, 1.54) is 12.7 Å². The van der Waals surface area contributed by atoms with Crippen molar-refractivity contribution in [3.8, 4) is 11.1 Å². The van der Waals surface area contributed by atoms with Crippen molar-refractivity contribution in [2.75, 3.05) is 13.1 Å². The molecule has 6 rings (SSSR count). The molecule has 6 nitrogen and oxygen atoms in total. The monoisotopic (exact) mass is 500 g/mol. The second kappa shape index (κ2) is 9.53. The third-order valence-electron chi connectivity index (χ3n) is 8.11. The van der Waals surface area contributed by atoms with Gasteiger partial charge in [-0.25, -0.2) is 4.39 Å². The van der Waals surface area contributed by atoms with Crippen molar-refractivity contribution in [3.05, 3.63) is 81.5 Å². The maximum absolute atomic E-state index is 15.3. The Balaban J connectivity index is 1.40. The summed E-state index contributed by atoms with van der Waals surface area (Å²) >= 11 is 0. The molecule has 37 heavy (non-hydrogen) atoms. The fraction of sp³-hybridized carbons (Fsp3) is 0.433. The molecule has 2 aromatic heterocycles. The van der Waals surface area contributed by atoms with Crippen molar-refractivity contribution in [1.82, 2.24) is 19.7 Å². The van der Waals surface area contributed by atoms with Crippen LogP contribution in [0.2, 0.25) is 0 Å². The number of nitrogens with zero attached hydrogens (tertiary/aromatic N) is 4. The molecule has 1 saturated carbocycles. The molecular weight excluding hydrogens is 467 g/mol. The molecule has 2 aromatic carbocycles. The molecule has 7 heteroatoms. The Morgan fingerprint density at radius 1 is 1.22 bits per heavy atom. The Morgan fingerprint density at radius 3 is 2.78 bits per heavy atom. The first-order chi connectivity index (χ1) is 17.9. The van der Waals surface area contributed by atoms with Gasteiger partial charge >= 0.3 is 0 Å². The molecule has 1 aliphatic heterocycles. The number of aromatic nitrogens is 3. The van der Waals surface area contributed by atoms with Crippen LogP contribution in [0.4, 0.5) is 4.39 Å². The van der Waals surface area contributed by atoms with Crippen LogP contribution in [0.25, 0.3) is 22.1 Å². The van der Waals surface area contributed by atoms with Crippen LogP contribution in [0.15, 0.2) is 52.1 Å². The van der Waals surface area contributed by atoms with Gasteiger partial charge in [0.05, 0.1) is 10.9 Å². The highest BCUT2D eigenvalue weighted by molar-refractivity contribution is 5.84. The molecule has 2 fully saturated rings. The van der Waals surface area contributed by atoms with Crippen molar-refractivity contribution in [2.24, 2.45) is 18.9 Å². The SMILES string of the molecule is Cc1c(F)c(CN2CCCC(C)C2)cc2c(=O)c(-c3cccc(C(c4nncn4C)C4CC4)c3)coc12. The van der Waals surface area contributed by atoms with Crippen molar-refractivity contribution < 1.29 is 8.81 Å². The first kappa shape index (κ1) is 24.0. The summed E-state index contributed by atoms with van der Waals surface area (Å²) in [6.07, 6.45) is 7.85. The maximum atomic E-state index is 15.3. The van der Waals surface area contributed by atoms with Crippen molar-refractivity contribution in [3.63, 3.8) is 0 Å². The van der Waals surface area contributed by atoms with E-state index in [4.69, 9.17) is 4.42 Å². The molecule has 2 atom stereocenters. The standard InChI is InChI=1S/C30H33FN4O2/c1-18-6-5-11-35(14-18)15-23-13-24-28(36)25(16-37-29(24)19(2)27(23)31)21-7-4-8-22(12-21)26(20-9-10-20)30-33-32-17-34(30)3/h4,7-8,12-13,16-18,20,26H,5-6,9-11,14-15H2,1-3H3. The van der Waals surface area contributed by atoms with E-state index in [1.54, 1.807) is 19.3 Å². The van der Waals surface area contributed by atoms with E-state index in [0.717, 1.165) is 49.3 Å². The van der Waals surface area contributed by atoms with Crippen LogP contribution in [-0.4, -0.2) is 32.8 Å². The van der Waals surface area contributed by atoms with Gasteiger partial charge in [0.25, 0.3) is 0 Å². The van der Waals surface area contributed by atoms with Crippen molar-refractivity contribution in [1.29, 1.82) is 0 Å². The number of rotatable bonds is 6. The van der Waals surface area contributed by atoms with Gasteiger partial charge in [0.1, 0.15) is 29.8 Å². The van der Waals surface area contributed by atoms with Crippen LogP contribution in [-0.2, 0) is 13.6 Å². The highest BCUT2D eigenvalue weighted by Gasteiger charge is 2.36. The fourth-order valence-electron chi connectivity index (χ4n) is 6.00. The average Bonchev–Trinajstić information content (AvgIpc) is 3.64. The summed E-state index contributed by atoms with van der Waals surface area (Å²) in [5.74, 6) is 1.92. The summed E-state index contributed by atoms with van der Waals surface area (Å²) in [5, 5.41) is 8.92. The van der Waals surface area contributed by atoms with Gasteiger partial charge in [-0.3, -0.25) is 9.69 Å². The number of likely N-dealkylation sites (tertiary alicyclic amines) is 1. The predicted octanol–water partition coefficient (Wildman–Crippen LogP) is 5.81. The van der Waals surface area contributed by atoms with Gasteiger partial charge < -0.3 is 8.98 Å². The average molecular weight is 501 g/mol. The zero-order valence-electron chi connectivity index (χ0n) is 21.7. The first-order valence-corrected chi connectivity index (χ1v) is 13.3. The zero-order chi connectivity index (χ0) is 25.7. The highest BCUT2D eigenvalue weighted by atomic mass is 19.1. The summed E-state index contributed by atoms with van der Waals surface area (Å²) in [4.78, 5) is 16.1. The molecule has 0 amide bonds. The zero-order valence-corrected chi connectivity index (χ0v) is 21.7. The Kier molecular flexibility index (Phi) is 6.19. The molecule has 0 spiro atoms. The number of benzene rings is 2. The summed E-state index contributed by atoms with van der Waals surface area (Å²) in [5.41, 5.74) is 3.56. The van der Waals surface area contributed by atoms with E-state index in [1.807, 2.05) is 23.7 Å². The lowest BCUT2D eigenvalue weighted by atomic mass is 9.90. The quantitative estimate of drug-likeness (QED) is 0.334. The summed E-state index contributed by atoms with van der Waals surface area (Å²) in [6.45, 7) is 6.35. The highest BCUT2D eigenvalue weighted by Crippen LogP contribution is 2.46. The van der Waals surface area contributed by atoms with Crippen LogP contribution < -0.4 is 5.43 Å². The topological polar surface area (TPSA) is 64.2 Å². The Labute approximate surface area is 216 Å². The molecule has 2 unspecified atom stereocenters. The molecule has 0 radical (unpaired) electrons. The molecule has 0 bridgehead atoms. The second-order valence-electron chi connectivity index (χ2n) is 11.1. The van der Waals surface area contributed by atoms with Gasteiger partial charge in [0, 0.05) is 37.2 Å². The number of halogens is 1. The second-order valence-corrected chi connectivity index (χ2v) is 11.1. The molecule has 192 valence electrons. The van der Waals surface area contributed by atoms with Crippen LogP contribution in [0.1, 0.15) is 61.0 Å². The van der Waals surface area contributed by atoms with Crippen molar-refractivity contribution in [2.45, 2.75) is 52.0 Å². The minimum atomic E-state index is -0.278. The lowest BCUT2D eigenvalue weighted by Gasteiger charge is -2.31.